The average Bonchev–Trinajstić information content (AvgIpc) is 3.25. The van der Waals surface area contributed by atoms with Crippen molar-refractivity contribution >= 4 is 5.82 Å². The molecule has 2 aliphatic rings. The molecule has 0 spiro atoms. The van der Waals surface area contributed by atoms with Crippen LogP contribution in [0, 0.1) is 10.1 Å². The van der Waals surface area contributed by atoms with E-state index < -0.39 is 6.04 Å². The Kier molecular flexibility index (Phi) is 3.44. The molecular weight excluding hydrogens is 298 g/mol. The predicted molar refractivity (Wildman–Crippen MR) is 81.7 cm³/mol. The number of hydrogen-bond acceptors (Lipinski definition) is 7. The lowest BCUT2D eigenvalue weighted by molar-refractivity contribution is -0.496. The van der Waals surface area contributed by atoms with Gasteiger partial charge < -0.3 is 9.42 Å². The third-order valence-electron chi connectivity index (χ3n) is 4.47. The van der Waals surface area contributed by atoms with Gasteiger partial charge >= 0.3 is 0 Å². The smallest absolute Gasteiger partial charge is 0.237 e. The third-order valence-corrected chi connectivity index (χ3v) is 4.47. The first kappa shape index (κ1) is 14.1. The molecule has 1 aliphatic carbocycles. The molecule has 0 bridgehead atoms. The maximum Gasteiger partial charge on any atom is 0.237 e. The van der Waals surface area contributed by atoms with Crippen molar-refractivity contribution in [2.75, 3.05) is 18.0 Å². The zero-order valence-electron chi connectivity index (χ0n) is 12.6. The predicted octanol–water partition coefficient (Wildman–Crippen LogP) is 2.25. The number of rotatable bonds is 4. The highest BCUT2D eigenvalue weighted by Crippen LogP contribution is 2.42. The molecule has 2 fully saturated rings. The molecule has 2 aromatic rings. The van der Waals surface area contributed by atoms with Crippen LogP contribution in [0.25, 0.3) is 11.4 Å². The van der Waals surface area contributed by atoms with Crippen LogP contribution in [0.15, 0.2) is 22.9 Å². The number of piperidine rings is 1. The molecule has 1 saturated heterocycles. The molecule has 0 N–H and O–H groups in total. The van der Waals surface area contributed by atoms with Crippen molar-refractivity contribution < 1.29 is 9.45 Å². The highest BCUT2D eigenvalue weighted by molar-refractivity contribution is 5.59. The molecule has 0 unspecified atom stereocenters. The molecule has 23 heavy (non-hydrogen) atoms. The van der Waals surface area contributed by atoms with Gasteiger partial charge in [0, 0.05) is 36.2 Å². The Morgan fingerprint density at radius 1 is 1.30 bits per heavy atom. The fourth-order valence-electron chi connectivity index (χ4n) is 3.04. The van der Waals surface area contributed by atoms with Crippen LogP contribution in [-0.4, -0.2) is 39.2 Å². The Labute approximate surface area is 132 Å². The van der Waals surface area contributed by atoms with Crippen LogP contribution in [0.2, 0.25) is 0 Å². The molecule has 1 aliphatic heterocycles. The molecule has 2 aromatic heterocycles. The van der Waals surface area contributed by atoms with Crippen LogP contribution in [0.5, 0.6) is 0 Å². The van der Waals surface area contributed by atoms with Crippen molar-refractivity contribution in [1.29, 1.82) is 0 Å². The van der Waals surface area contributed by atoms with Gasteiger partial charge in [-0.25, -0.2) is 4.98 Å². The first-order chi connectivity index (χ1) is 11.2. The largest absolute Gasteiger partial charge is 0.357 e. The maximum absolute atomic E-state index is 10.7. The molecule has 120 valence electrons. The van der Waals surface area contributed by atoms with E-state index in [-0.39, 0.29) is 10.8 Å². The molecule has 0 radical (unpaired) electrons. The van der Waals surface area contributed by atoms with Gasteiger partial charge in [0.1, 0.15) is 11.7 Å². The lowest BCUT2D eigenvalue weighted by Crippen LogP contribution is -2.30. The van der Waals surface area contributed by atoms with Crippen molar-refractivity contribution in [3.8, 4) is 11.4 Å². The molecule has 1 saturated carbocycles. The van der Waals surface area contributed by atoms with Crippen LogP contribution in [0.3, 0.4) is 0 Å². The van der Waals surface area contributed by atoms with E-state index in [2.05, 4.69) is 20.0 Å². The van der Waals surface area contributed by atoms with Gasteiger partial charge in [-0.3, -0.25) is 10.1 Å². The molecule has 4 rings (SSSR count). The van der Waals surface area contributed by atoms with Gasteiger partial charge in [-0.1, -0.05) is 5.16 Å². The van der Waals surface area contributed by atoms with Crippen LogP contribution < -0.4 is 4.90 Å². The first-order valence-corrected chi connectivity index (χ1v) is 7.91. The maximum atomic E-state index is 10.7. The highest BCUT2D eigenvalue weighted by atomic mass is 16.6. The second-order valence-corrected chi connectivity index (χ2v) is 6.10. The Morgan fingerprint density at radius 3 is 2.87 bits per heavy atom. The summed E-state index contributed by atoms with van der Waals surface area (Å²) in [5, 5.41) is 14.7. The summed E-state index contributed by atoms with van der Waals surface area (Å²) in [4.78, 5) is 21.5. The minimum atomic E-state index is -0.579. The number of nitro groups is 1. The van der Waals surface area contributed by atoms with E-state index >= 15 is 0 Å². The van der Waals surface area contributed by atoms with Crippen LogP contribution in [0.1, 0.15) is 37.5 Å². The normalized spacial score (nSPS) is 23.7. The zero-order chi connectivity index (χ0) is 15.8. The summed E-state index contributed by atoms with van der Waals surface area (Å²) in [6.07, 6.45) is 5.85. The minimum Gasteiger partial charge on any atom is -0.357 e. The third kappa shape index (κ3) is 2.76. The van der Waals surface area contributed by atoms with Gasteiger partial charge in [0.25, 0.3) is 0 Å². The number of pyridine rings is 1. The average molecular weight is 315 g/mol. The summed E-state index contributed by atoms with van der Waals surface area (Å²) in [7, 11) is 0. The summed E-state index contributed by atoms with van der Waals surface area (Å²) in [6, 6.07) is 3.21. The number of nitrogens with zero attached hydrogens (tertiary/aromatic N) is 5. The summed E-state index contributed by atoms with van der Waals surface area (Å²) in [5.74, 6) is 1.51. The van der Waals surface area contributed by atoms with Gasteiger partial charge in [-0.15, -0.1) is 0 Å². The van der Waals surface area contributed by atoms with Crippen molar-refractivity contribution in [3.63, 3.8) is 0 Å². The summed E-state index contributed by atoms with van der Waals surface area (Å²) in [5.41, 5.74) is 0.828. The molecule has 8 heteroatoms. The van der Waals surface area contributed by atoms with Gasteiger partial charge in [0.15, 0.2) is 0 Å². The number of aromatic nitrogens is 3. The molecule has 3 heterocycles. The lowest BCUT2D eigenvalue weighted by atomic mass is 10.1. The van der Waals surface area contributed by atoms with Crippen LogP contribution in [-0.2, 0) is 0 Å². The zero-order valence-corrected chi connectivity index (χ0v) is 12.6. The lowest BCUT2D eigenvalue weighted by Gasteiger charge is -2.27. The van der Waals surface area contributed by atoms with E-state index in [1.807, 2.05) is 12.1 Å². The quantitative estimate of drug-likeness (QED) is 0.630. The first-order valence-electron chi connectivity index (χ1n) is 7.91. The molecule has 0 aromatic carbocycles. The van der Waals surface area contributed by atoms with Crippen LogP contribution >= 0.6 is 0 Å². The molecular formula is C15H17N5O3. The van der Waals surface area contributed by atoms with Crippen molar-refractivity contribution in [1.82, 2.24) is 15.1 Å². The Hall–Kier alpha value is -2.51. The fourth-order valence-corrected chi connectivity index (χ4v) is 3.04. The van der Waals surface area contributed by atoms with E-state index in [4.69, 9.17) is 4.52 Å². The fraction of sp³-hybridized carbons (Fsp3) is 0.533. The molecule has 2 atom stereocenters. The Morgan fingerprint density at radius 2 is 2.13 bits per heavy atom. The molecule has 0 amide bonds. The summed E-state index contributed by atoms with van der Waals surface area (Å²) >= 11 is 0. The van der Waals surface area contributed by atoms with Gasteiger partial charge in [0.2, 0.25) is 17.8 Å². The van der Waals surface area contributed by atoms with Gasteiger partial charge in [0.05, 0.1) is 0 Å². The van der Waals surface area contributed by atoms with Crippen molar-refractivity contribution in [2.45, 2.75) is 37.6 Å². The highest BCUT2D eigenvalue weighted by Gasteiger charge is 2.53. The van der Waals surface area contributed by atoms with Gasteiger partial charge in [-0.2, -0.15) is 4.98 Å². The van der Waals surface area contributed by atoms with Gasteiger partial charge in [-0.05, 0) is 31.4 Å². The number of anilines is 1. The topological polar surface area (TPSA) is 98.2 Å². The monoisotopic (exact) mass is 315 g/mol. The van der Waals surface area contributed by atoms with E-state index in [1.54, 1.807) is 6.20 Å². The second-order valence-electron chi connectivity index (χ2n) is 6.10. The van der Waals surface area contributed by atoms with Crippen molar-refractivity contribution in [3.05, 3.63) is 34.3 Å². The standard InChI is InChI=1S/C15H17N5O3/c21-20(22)12-9-11(12)15-17-14(18-23-15)10-4-5-16-13(8-10)19-6-2-1-3-7-19/h4-5,8,11-12H,1-3,6-7,9H2/t11-,12+/m1/s1. The second kappa shape index (κ2) is 5.60. The van der Waals surface area contributed by atoms with Crippen molar-refractivity contribution in [2.24, 2.45) is 0 Å². The minimum absolute atomic E-state index is 0.241. The number of hydrogen-bond donors (Lipinski definition) is 0. The Bertz CT molecular complexity index is 725. The van der Waals surface area contributed by atoms with E-state index in [9.17, 15) is 10.1 Å². The van der Waals surface area contributed by atoms with Crippen LogP contribution in [0.4, 0.5) is 5.82 Å². The van der Waals surface area contributed by atoms with E-state index in [0.717, 1.165) is 24.5 Å². The summed E-state index contributed by atoms with van der Waals surface area (Å²) < 4.78 is 5.21. The summed E-state index contributed by atoms with van der Waals surface area (Å²) in [6.45, 7) is 2.03. The Balaban J connectivity index is 1.54. The van der Waals surface area contributed by atoms with E-state index in [1.165, 1.54) is 19.3 Å². The van der Waals surface area contributed by atoms with E-state index in [0.29, 0.717) is 18.1 Å². The molecule has 8 nitrogen and oxygen atoms in total. The SMILES string of the molecule is O=[N+]([O-])[C@H]1C[C@H]1c1nc(-c2ccnc(N3CCCCC3)c2)no1.